The van der Waals surface area contributed by atoms with Crippen LogP contribution in [0.4, 0.5) is 0 Å². The lowest BCUT2D eigenvalue weighted by atomic mass is 10.0. The lowest BCUT2D eigenvalue weighted by Crippen LogP contribution is -2.24. The minimum Gasteiger partial charge on any atom is -0.264 e. The molecule has 0 aromatic carbocycles. The van der Waals surface area contributed by atoms with E-state index in [2.05, 4.69) is 11.8 Å². The summed E-state index contributed by atoms with van der Waals surface area (Å²) in [7, 11) is 0. The van der Waals surface area contributed by atoms with Gasteiger partial charge in [-0.05, 0) is 19.4 Å². The van der Waals surface area contributed by atoms with Crippen molar-refractivity contribution in [2.75, 3.05) is 0 Å². The predicted octanol–water partition coefficient (Wildman–Crippen LogP) is 1.62. The largest absolute Gasteiger partial charge is 0.264 e. The van der Waals surface area contributed by atoms with Crippen molar-refractivity contribution < 1.29 is 4.92 Å². The van der Waals surface area contributed by atoms with Gasteiger partial charge >= 0.3 is 0 Å². The summed E-state index contributed by atoms with van der Waals surface area (Å²) in [5.74, 6) is 5.62. The second-order valence-corrected chi connectivity index (χ2v) is 2.85. The third-order valence-electron chi connectivity index (χ3n) is 1.85. The summed E-state index contributed by atoms with van der Waals surface area (Å²) in [6.07, 6.45) is 5.13. The molecule has 2 atom stereocenters. The molecule has 2 unspecified atom stereocenters. The van der Waals surface area contributed by atoms with Crippen LogP contribution in [0.3, 0.4) is 0 Å². The fourth-order valence-corrected chi connectivity index (χ4v) is 1.13. The first-order valence-corrected chi connectivity index (χ1v) is 4.00. The van der Waals surface area contributed by atoms with E-state index in [1.165, 1.54) is 0 Å². The summed E-state index contributed by atoms with van der Waals surface area (Å²) in [6, 6.07) is -0.627. The van der Waals surface area contributed by atoms with Gasteiger partial charge in [-0.15, -0.1) is 5.92 Å². The third-order valence-corrected chi connectivity index (χ3v) is 1.85. The van der Waals surface area contributed by atoms with Gasteiger partial charge in [0.1, 0.15) is 0 Å². The SMILES string of the molecule is CC1C#CCCC=CC1[N+](=O)[O-]. The summed E-state index contributed by atoms with van der Waals surface area (Å²) in [5, 5.41) is 10.5. The zero-order valence-corrected chi connectivity index (χ0v) is 6.99. The summed E-state index contributed by atoms with van der Waals surface area (Å²) in [4.78, 5) is 10.2. The molecule has 0 aromatic rings. The Balaban J connectivity index is 2.78. The molecule has 0 N–H and O–H groups in total. The number of nitro groups is 1. The molecule has 0 heterocycles. The van der Waals surface area contributed by atoms with Crippen LogP contribution in [0.5, 0.6) is 0 Å². The molecule has 1 aliphatic rings. The summed E-state index contributed by atoms with van der Waals surface area (Å²) >= 11 is 0. The molecule has 12 heavy (non-hydrogen) atoms. The van der Waals surface area contributed by atoms with Crippen LogP contribution in [0.25, 0.3) is 0 Å². The molecule has 0 fully saturated rings. The Bertz CT molecular complexity index is 259. The van der Waals surface area contributed by atoms with Crippen LogP contribution < -0.4 is 0 Å². The van der Waals surface area contributed by atoms with E-state index in [0.717, 1.165) is 12.8 Å². The van der Waals surface area contributed by atoms with Crippen LogP contribution in [-0.2, 0) is 0 Å². The number of allylic oxidation sites excluding steroid dienone is 1. The van der Waals surface area contributed by atoms with Crippen molar-refractivity contribution in [1.82, 2.24) is 0 Å². The van der Waals surface area contributed by atoms with Crippen molar-refractivity contribution >= 4 is 0 Å². The Morgan fingerprint density at radius 3 is 3.08 bits per heavy atom. The predicted molar refractivity (Wildman–Crippen MR) is 46.1 cm³/mol. The van der Waals surface area contributed by atoms with Crippen molar-refractivity contribution in [2.24, 2.45) is 5.92 Å². The average Bonchev–Trinajstić information content (AvgIpc) is 1.96. The molecule has 64 valence electrons. The first-order chi connectivity index (χ1) is 5.72. The highest BCUT2D eigenvalue weighted by Gasteiger charge is 2.23. The maximum Gasteiger partial charge on any atom is 0.244 e. The zero-order chi connectivity index (χ0) is 8.97. The second-order valence-electron chi connectivity index (χ2n) is 2.85. The van der Waals surface area contributed by atoms with Gasteiger partial charge in [0.25, 0.3) is 0 Å². The normalized spacial score (nSPS) is 28.1. The van der Waals surface area contributed by atoms with Gasteiger partial charge in [0, 0.05) is 11.3 Å². The summed E-state index contributed by atoms with van der Waals surface area (Å²) in [6.45, 7) is 1.79. The molecule has 0 saturated heterocycles. The van der Waals surface area contributed by atoms with Gasteiger partial charge < -0.3 is 0 Å². The molecule has 0 amide bonds. The van der Waals surface area contributed by atoms with Crippen LogP contribution in [0.1, 0.15) is 19.8 Å². The van der Waals surface area contributed by atoms with Gasteiger partial charge in [0.2, 0.25) is 6.04 Å². The molecule has 0 saturated carbocycles. The van der Waals surface area contributed by atoms with E-state index in [1.54, 1.807) is 13.0 Å². The van der Waals surface area contributed by atoms with Crippen LogP contribution in [0.2, 0.25) is 0 Å². The van der Waals surface area contributed by atoms with E-state index in [-0.39, 0.29) is 10.8 Å². The topological polar surface area (TPSA) is 43.1 Å². The van der Waals surface area contributed by atoms with Crippen molar-refractivity contribution in [1.29, 1.82) is 0 Å². The lowest BCUT2D eigenvalue weighted by Gasteiger charge is -2.08. The minimum absolute atomic E-state index is 0.170. The van der Waals surface area contributed by atoms with Crippen LogP contribution in [-0.4, -0.2) is 11.0 Å². The number of nitrogens with zero attached hydrogens (tertiary/aromatic N) is 1. The van der Waals surface area contributed by atoms with Crippen LogP contribution in [0, 0.1) is 27.9 Å². The number of rotatable bonds is 1. The van der Waals surface area contributed by atoms with E-state index in [0.29, 0.717) is 0 Å². The molecule has 0 radical (unpaired) electrons. The van der Waals surface area contributed by atoms with Crippen molar-refractivity contribution in [3.05, 3.63) is 22.3 Å². The highest BCUT2D eigenvalue weighted by Crippen LogP contribution is 2.10. The second kappa shape index (κ2) is 3.91. The Labute approximate surface area is 71.6 Å². The Morgan fingerprint density at radius 2 is 2.42 bits per heavy atom. The molecule has 3 heteroatoms. The smallest absolute Gasteiger partial charge is 0.244 e. The maximum absolute atomic E-state index is 10.5. The van der Waals surface area contributed by atoms with E-state index < -0.39 is 6.04 Å². The van der Waals surface area contributed by atoms with Crippen molar-refractivity contribution in [3.8, 4) is 11.8 Å². The molecular weight excluding hydrogens is 154 g/mol. The van der Waals surface area contributed by atoms with Crippen molar-refractivity contribution in [2.45, 2.75) is 25.8 Å². The Morgan fingerprint density at radius 1 is 1.67 bits per heavy atom. The van der Waals surface area contributed by atoms with Crippen LogP contribution in [0.15, 0.2) is 12.2 Å². The number of hydrogen-bond acceptors (Lipinski definition) is 2. The van der Waals surface area contributed by atoms with E-state index in [4.69, 9.17) is 0 Å². The average molecular weight is 165 g/mol. The molecule has 0 bridgehead atoms. The van der Waals surface area contributed by atoms with Gasteiger partial charge in [-0.1, -0.05) is 12.0 Å². The molecule has 3 nitrogen and oxygen atoms in total. The van der Waals surface area contributed by atoms with Gasteiger partial charge in [-0.25, -0.2) is 0 Å². The molecular formula is C9H11NO2. The standard InChI is InChI=1S/C9H11NO2/c1-8-6-4-2-3-5-7-9(8)10(11)12/h5,7-9H,2-3H2,1H3. The third kappa shape index (κ3) is 2.09. The summed E-state index contributed by atoms with van der Waals surface area (Å²) in [5.41, 5.74) is 0. The lowest BCUT2D eigenvalue weighted by molar-refractivity contribution is -0.515. The van der Waals surface area contributed by atoms with Crippen LogP contribution >= 0.6 is 0 Å². The fraction of sp³-hybridized carbons (Fsp3) is 0.556. The van der Waals surface area contributed by atoms with E-state index in [9.17, 15) is 10.1 Å². The van der Waals surface area contributed by atoms with E-state index >= 15 is 0 Å². The Kier molecular flexibility index (Phi) is 2.87. The minimum atomic E-state index is -0.627. The summed E-state index contributed by atoms with van der Waals surface area (Å²) < 4.78 is 0. The first kappa shape index (κ1) is 8.79. The molecule has 0 aliphatic heterocycles. The monoisotopic (exact) mass is 165 g/mol. The molecule has 0 spiro atoms. The molecule has 0 aromatic heterocycles. The number of hydrogen-bond donors (Lipinski definition) is 0. The van der Waals surface area contributed by atoms with E-state index in [1.807, 2.05) is 6.08 Å². The highest BCUT2D eigenvalue weighted by molar-refractivity contribution is 5.11. The Hall–Kier alpha value is -1.30. The zero-order valence-electron chi connectivity index (χ0n) is 6.99. The van der Waals surface area contributed by atoms with Crippen molar-refractivity contribution in [3.63, 3.8) is 0 Å². The first-order valence-electron chi connectivity index (χ1n) is 4.00. The van der Waals surface area contributed by atoms with Gasteiger partial charge in [0.15, 0.2) is 0 Å². The maximum atomic E-state index is 10.5. The quantitative estimate of drug-likeness (QED) is 0.256. The highest BCUT2D eigenvalue weighted by atomic mass is 16.6. The molecule has 1 aliphatic carbocycles. The van der Waals surface area contributed by atoms with Gasteiger partial charge in [0.05, 0.1) is 5.92 Å². The molecule has 1 rings (SSSR count). The fourth-order valence-electron chi connectivity index (χ4n) is 1.13. The van der Waals surface area contributed by atoms with Gasteiger partial charge in [-0.3, -0.25) is 10.1 Å². The van der Waals surface area contributed by atoms with Gasteiger partial charge in [-0.2, -0.15) is 0 Å².